The number of hydrogen-bond acceptors (Lipinski definition) is 8. The van der Waals surface area contributed by atoms with Crippen molar-refractivity contribution in [2.45, 2.75) is 84.6 Å². The molecular formula is C58H55ClF6N8O4. The molecule has 4 aromatic carbocycles. The van der Waals surface area contributed by atoms with Gasteiger partial charge in [0.2, 0.25) is 0 Å². The van der Waals surface area contributed by atoms with Crippen LogP contribution in [0, 0.1) is 48.8 Å². The van der Waals surface area contributed by atoms with Crippen molar-refractivity contribution in [1.29, 1.82) is 0 Å². The van der Waals surface area contributed by atoms with Gasteiger partial charge in [-0.1, -0.05) is 38.1 Å². The summed E-state index contributed by atoms with van der Waals surface area (Å²) in [6.45, 7) is 7.96. The van der Waals surface area contributed by atoms with Crippen LogP contribution in [0.4, 0.5) is 26.3 Å². The van der Waals surface area contributed by atoms with E-state index in [0.717, 1.165) is 53.5 Å². The van der Waals surface area contributed by atoms with E-state index in [-0.39, 0.29) is 60.8 Å². The quantitative estimate of drug-likeness (QED) is 0.0526. The van der Waals surface area contributed by atoms with E-state index >= 15 is 0 Å². The first kappa shape index (κ1) is 58.0. The summed E-state index contributed by atoms with van der Waals surface area (Å²) in [5, 5.41) is 11.3. The highest BCUT2D eigenvalue weighted by atomic mass is 35.5. The molecule has 400 valence electrons. The number of aromatic nitrogens is 6. The molecule has 0 spiro atoms. The smallest absolute Gasteiger partial charge is 0.251 e. The van der Waals surface area contributed by atoms with Crippen molar-refractivity contribution in [2.75, 3.05) is 5.88 Å². The number of nitrogens with zero attached hydrogens (tertiary/aromatic N) is 5. The number of halogens is 7. The number of primary amides is 2. The van der Waals surface area contributed by atoms with Crippen LogP contribution in [0.25, 0.3) is 22.3 Å². The molecule has 8 rings (SSSR count). The molecule has 0 saturated heterocycles. The number of ketones is 2. The fourth-order valence-corrected chi connectivity index (χ4v) is 8.92. The second-order valence-corrected chi connectivity index (χ2v) is 18.4. The molecule has 2 atom stereocenters. The molecule has 77 heavy (non-hydrogen) atoms. The maximum Gasteiger partial charge on any atom is 0.251 e. The molecule has 2 amide bonds. The number of amides is 2. The molecular weight excluding hydrogens is 1020 g/mol. The van der Waals surface area contributed by atoms with E-state index in [0.29, 0.717) is 51.2 Å². The molecule has 12 nitrogen and oxygen atoms in total. The van der Waals surface area contributed by atoms with E-state index in [4.69, 9.17) is 23.1 Å². The Balaban J connectivity index is 0.000000221. The number of Topliss-reactive ketones (excluding diaryl/α,β-unsaturated/α-hetero) is 2. The lowest BCUT2D eigenvalue weighted by molar-refractivity contribution is -0.120. The van der Waals surface area contributed by atoms with E-state index in [1.165, 1.54) is 54.7 Å². The van der Waals surface area contributed by atoms with Crippen LogP contribution in [0.5, 0.6) is 0 Å². The van der Waals surface area contributed by atoms with Crippen molar-refractivity contribution in [3.05, 3.63) is 213 Å². The Kier molecular flexibility index (Phi) is 20.3. The molecule has 4 aromatic heterocycles. The molecule has 0 unspecified atom stereocenters. The van der Waals surface area contributed by atoms with E-state index in [2.05, 4.69) is 38.3 Å². The average molecular weight is 1080 g/mol. The van der Waals surface area contributed by atoms with E-state index in [1.807, 2.05) is 26.8 Å². The summed E-state index contributed by atoms with van der Waals surface area (Å²) in [6, 6.07) is 24.9. The number of rotatable bonds is 19. The van der Waals surface area contributed by atoms with Gasteiger partial charge in [0, 0.05) is 71.7 Å². The normalized spacial score (nSPS) is 11.7. The second kappa shape index (κ2) is 27.0. The summed E-state index contributed by atoms with van der Waals surface area (Å²) in [4.78, 5) is 57.6. The first-order chi connectivity index (χ1) is 36.7. The predicted molar refractivity (Wildman–Crippen MR) is 281 cm³/mol. The van der Waals surface area contributed by atoms with Crippen molar-refractivity contribution in [3.63, 3.8) is 0 Å². The van der Waals surface area contributed by atoms with Gasteiger partial charge in [0.25, 0.3) is 11.8 Å². The number of alkyl halides is 1. The van der Waals surface area contributed by atoms with Crippen LogP contribution in [0.3, 0.4) is 0 Å². The SMILES string of the molecule is CCc1cc(C)[nH]n1.CCc1cc(C)nn1CC(=O)C[C@@H](Cc1cc(F)cc(F)c1)c1ncccc1-c1ccc(F)c(C(N)=O)c1.NC(=O)c1cc(-c2cccnc2[C@@H](CC(=O)CCl)Cc2cc(F)cc(F)c2)ccc1F. The Morgan fingerprint density at radius 3 is 1.47 bits per heavy atom. The van der Waals surface area contributed by atoms with Gasteiger partial charge in [0.1, 0.15) is 40.7 Å². The number of carbonyl (C=O) groups excluding carboxylic acids is 4. The van der Waals surface area contributed by atoms with Crippen molar-refractivity contribution in [2.24, 2.45) is 11.5 Å². The van der Waals surface area contributed by atoms with Crippen LogP contribution in [0.2, 0.25) is 0 Å². The number of benzene rings is 4. The number of aryl methyl sites for hydroxylation is 4. The predicted octanol–water partition coefficient (Wildman–Crippen LogP) is 11.4. The third-order valence-corrected chi connectivity index (χ3v) is 12.5. The van der Waals surface area contributed by atoms with Gasteiger partial charge in [-0.15, -0.1) is 11.6 Å². The molecule has 0 fully saturated rings. The molecule has 8 aromatic rings. The average Bonchev–Trinajstić information content (AvgIpc) is 3.99. The Morgan fingerprint density at radius 1 is 0.610 bits per heavy atom. The zero-order valence-corrected chi connectivity index (χ0v) is 43.3. The second-order valence-electron chi connectivity index (χ2n) is 18.2. The number of carbonyl (C=O) groups is 4. The number of pyridine rings is 2. The van der Waals surface area contributed by atoms with Crippen molar-refractivity contribution in [3.8, 4) is 22.3 Å². The highest BCUT2D eigenvalue weighted by Gasteiger charge is 2.26. The lowest BCUT2D eigenvalue weighted by atomic mass is 9.86. The minimum Gasteiger partial charge on any atom is -0.366 e. The summed E-state index contributed by atoms with van der Waals surface area (Å²) in [5.74, 6) is -8.05. The van der Waals surface area contributed by atoms with Crippen LogP contribution in [-0.2, 0) is 41.8 Å². The summed E-state index contributed by atoms with van der Waals surface area (Å²) < 4.78 is 85.1. The first-order valence-corrected chi connectivity index (χ1v) is 24.9. The highest BCUT2D eigenvalue weighted by molar-refractivity contribution is 6.27. The van der Waals surface area contributed by atoms with Crippen molar-refractivity contribution >= 4 is 35.0 Å². The third kappa shape index (κ3) is 16.1. The summed E-state index contributed by atoms with van der Waals surface area (Å²) in [5.41, 5.74) is 17.7. The Morgan fingerprint density at radius 2 is 1.08 bits per heavy atom. The van der Waals surface area contributed by atoms with E-state index in [1.54, 1.807) is 35.1 Å². The molecule has 0 saturated carbocycles. The van der Waals surface area contributed by atoms with Gasteiger partial charge in [-0.3, -0.25) is 38.9 Å². The van der Waals surface area contributed by atoms with Crippen molar-refractivity contribution in [1.82, 2.24) is 29.9 Å². The number of nitrogens with two attached hydrogens (primary N) is 2. The number of aromatic amines is 1. The van der Waals surface area contributed by atoms with E-state index in [9.17, 15) is 45.5 Å². The van der Waals surface area contributed by atoms with Crippen LogP contribution >= 0.6 is 11.6 Å². The lowest BCUT2D eigenvalue weighted by Gasteiger charge is -2.20. The zero-order valence-electron chi connectivity index (χ0n) is 42.5. The van der Waals surface area contributed by atoms with E-state index < -0.39 is 58.6 Å². The summed E-state index contributed by atoms with van der Waals surface area (Å²) in [7, 11) is 0. The molecule has 0 aliphatic carbocycles. The molecule has 0 bridgehead atoms. The summed E-state index contributed by atoms with van der Waals surface area (Å²) in [6.07, 6.45) is 5.01. The maximum atomic E-state index is 14.2. The van der Waals surface area contributed by atoms with Crippen LogP contribution in [-0.4, -0.2) is 59.2 Å². The minimum atomic E-state index is -0.922. The minimum absolute atomic E-state index is 0.00801. The maximum absolute atomic E-state index is 14.2. The van der Waals surface area contributed by atoms with Crippen molar-refractivity contribution < 1.29 is 45.5 Å². The third-order valence-electron chi connectivity index (χ3n) is 12.2. The van der Waals surface area contributed by atoms with Crippen LogP contribution in [0.15, 0.2) is 122 Å². The van der Waals surface area contributed by atoms with Crippen LogP contribution < -0.4 is 11.5 Å². The number of hydrogen-bond donors (Lipinski definition) is 3. The fraction of sp³-hybridized carbons (Fsp3) is 0.241. The standard InChI is InChI=1S/C29H27F3N4O2.C23H18ClF3N2O2.C6H10N2/c1-3-23-9-17(2)35-36(23)16-24(37)13-20(10-18-11-21(30)15-22(31)12-18)28-25(5-4-8-34-28)19-6-7-27(32)26(14-19)29(33)38;24-12-18(30)9-15(6-13-7-16(25)11-17(26)8-13)22-19(2-1-5-29-22)14-3-4-21(27)20(10-14)23(28)31;1-3-6-4-5(2)7-8-6/h4-9,11-12,14-15,20H,3,10,13,16H2,1-2H3,(H2,33,38);1-5,7-8,10-11,15H,6,9,12H2,(H2,28,31);4H,3H2,1-2H3,(H,7,8)/t20-;15-;/m11./s1. The molecule has 0 aliphatic heterocycles. The topological polar surface area (TPSA) is 193 Å². The number of H-pyrrole nitrogens is 1. The van der Waals surface area contributed by atoms with Gasteiger partial charge in [-0.2, -0.15) is 10.2 Å². The van der Waals surface area contributed by atoms with Gasteiger partial charge in [0.05, 0.1) is 46.3 Å². The first-order valence-electron chi connectivity index (χ1n) is 24.4. The largest absolute Gasteiger partial charge is 0.366 e. The van der Waals surface area contributed by atoms with Gasteiger partial charge in [-0.25, -0.2) is 26.3 Å². The van der Waals surface area contributed by atoms with Gasteiger partial charge in [-0.05, 0) is 135 Å². The Bertz CT molecular complexity index is 3360. The van der Waals surface area contributed by atoms with Gasteiger partial charge >= 0.3 is 0 Å². The Hall–Kier alpha value is -8.25. The molecule has 4 heterocycles. The molecule has 0 radical (unpaired) electrons. The molecule has 0 aliphatic rings. The highest BCUT2D eigenvalue weighted by Crippen LogP contribution is 2.35. The number of nitrogens with one attached hydrogen (secondary N) is 1. The summed E-state index contributed by atoms with van der Waals surface area (Å²) >= 11 is 5.68. The molecule has 19 heteroatoms. The molecule has 5 N–H and O–H groups in total. The zero-order chi connectivity index (χ0) is 55.9. The van der Waals surface area contributed by atoms with Gasteiger partial charge < -0.3 is 11.5 Å². The monoisotopic (exact) mass is 1080 g/mol. The van der Waals surface area contributed by atoms with Crippen LogP contribution in [0.1, 0.15) is 105 Å². The lowest BCUT2D eigenvalue weighted by Crippen LogP contribution is -2.19. The fourth-order valence-electron chi connectivity index (χ4n) is 8.81. The Labute approximate surface area is 445 Å². The van der Waals surface area contributed by atoms with Gasteiger partial charge in [0.15, 0.2) is 5.78 Å².